The zero-order chi connectivity index (χ0) is 13.1. The molecule has 0 atom stereocenters. The molecular formula is C13H13ClN2O2. The van der Waals surface area contributed by atoms with E-state index in [0.717, 1.165) is 17.5 Å². The van der Waals surface area contributed by atoms with Crippen molar-refractivity contribution in [3.8, 4) is 5.75 Å². The maximum atomic E-state index is 10.5. The summed E-state index contributed by atoms with van der Waals surface area (Å²) in [7, 11) is 1.79. The van der Waals surface area contributed by atoms with Crippen LogP contribution in [-0.4, -0.2) is 16.1 Å². The average molecular weight is 265 g/mol. The Morgan fingerprint density at radius 2 is 2.06 bits per heavy atom. The van der Waals surface area contributed by atoms with Crippen molar-refractivity contribution in [3.63, 3.8) is 0 Å². The second kappa shape index (κ2) is 5.23. The minimum Gasteiger partial charge on any atom is -0.489 e. The van der Waals surface area contributed by atoms with E-state index in [2.05, 4.69) is 5.10 Å². The van der Waals surface area contributed by atoms with Crippen LogP contribution in [-0.2, 0) is 13.7 Å². The van der Waals surface area contributed by atoms with Gasteiger partial charge in [-0.05, 0) is 31.2 Å². The number of hydrogen-bond acceptors (Lipinski definition) is 3. The van der Waals surface area contributed by atoms with E-state index >= 15 is 0 Å². The molecule has 1 aromatic carbocycles. The zero-order valence-electron chi connectivity index (χ0n) is 10.2. The monoisotopic (exact) mass is 264 g/mol. The van der Waals surface area contributed by atoms with Crippen molar-refractivity contribution in [1.82, 2.24) is 9.78 Å². The standard InChI is InChI=1S/C13H13ClN2O2/c1-9-12(13(14)16(2)15-9)8-18-11-5-3-10(7-17)4-6-11/h3-7H,8H2,1-2H3. The van der Waals surface area contributed by atoms with Crippen LogP contribution in [0.5, 0.6) is 5.75 Å². The summed E-state index contributed by atoms with van der Waals surface area (Å²) in [5.74, 6) is 0.694. The van der Waals surface area contributed by atoms with Gasteiger partial charge in [0.15, 0.2) is 0 Å². The van der Waals surface area contributed by atoms with Crippen molar-refractivity contribution in [2.75, 3.05) is 0 Å². The highest BCUT2D eigenvalue weighted by Gasteiger charge is 2.11. The number of hydrogen-bond donors (Lipinski definition) is 0. The Balaban J connectivity index is 2.08. The highest BCUT2D eigenvalue weighted by molar-refractivity contribution is 6.30. The normalized spacial score (nSPS) is 10.4. The molecule has 1 heterocycles. The minimum atomic E-state index is 0.360. The highest BCUT2D eigenvalue weighted by atomic mass is 35.5. The van der Waals surface area contributed by atoms with Crippen LogP contribution in [0.4, 0.5) is 0 Å². The van der Waals surface area contributed by atoms with E-state index in [1.165, 1.54) is 0 Å². The van der Waals surface area contributed by atoms with E-state index in [4.69, 9.17) is 16.3 Å². The molecule has 0 unspecified atom stereocenters. The first kappa shape index (κ1) is 12.6. The van der Waals surface area contributed by atoms with Crippen LogP contribution in [0.2, 0.25) is 5.15 Å². The number of aromatic nitrogens is 2. The van der Waals surface area contributed by atoms with Gasteiger partial charge in [-0.15, -0.1) is 0 Å². The third-order valence-electron chi connectivity index (χ3n) is 2.67. The molecule has 18 heavy (non-hydrogen) atoms. The van der Waals surface area contributed by atoms with Crippen LogP contribution in [0.25, 0.3) is 0 Å². The molecule has 0 aliphatic carbocycles. The summed E-state index contributed by atoms with van der Waals surface area (Å²) in [6.07, 6.45) is 0.798. The van der Waals surface area contributed by atoms with Crippen LogP contribution in [0.3, 0.4) is 0 Å². The number of ether oxygens (including phenoxy) is 1. The average Bonchev–Trinajstić information content (AvgIpc) is 2.62. The van der Waals surface area contributed by atoms with E-state index in [-0.39, 0.29) is 0 Å². The molecule has 0 aliphatic heterocycles. The number of halogens is 1. The number of aldehydes is 1. The van der Waals surface area contributed by atoms with Gasteiger partial charge in [-0.2, -0.15) is 5.10 Å². The van der Waals surface area contributed by atoms with Crippen molar-refractivity contribution in [2.24, 2.45) is 7.05 Å². The van der Waals surface area contributed by atoms with Gasteiger partial charge in [-0.3, -0.25) is 9.48 Å². The van der Waals surface area contributed by atoms with Gasteiger partial charge in [-0.1, -0.05) is 11.6 Å². The second-order valence-electron chi connectivity index (χ2n) is 3.95. The van der Waals surface area contributed by atoms with Gasteiger partial charge in [-0.25, -0.2) is 0 Å². The molecule has 0 fully saturated rings. The van der Waals surface area contributed by atoms with Gasteiger partial charge in [0.2, 0.25) is 0 Å². The minimum absolute atomic E-state index is 0.360. The van der Waals surface area contributed by atoms with Gasteiger partial charge in [0, 0.05) is 18.2 Å². The van der Waals surface area contributed by atoms with Crippen LogP contribution in [0.1, 0.15) is 21.6 Å². The molecule has 0 bridgehead atoms. The quantitative estimate of drug-likeness (QED) is 0.798. The Hall–Kier alpha value is -1.81. The summed E-state index contributed by atoms with van der Waals surface area (Å²) in [5, 5.41) is 4.79. The third-order valence-corrected chi connectivity index (χ3v) is 3.14. The first-order valence-electron chi connectivity index (χ1n) is 5.48. The Morgan fingerprint density at radius 3 is 2.56 bits per heavy atom. The van der Waals surface area contributed by atoms with Crippen LogP contribution >= 0.6 is 11.6 Å². The molecular weight excluding hydrogens is 252 g/mol. The summed E-state index contributed by atoms with van der Waals surface area (Å²) in [6.45, 7) is 2.25. The summed E-state index contributed by atoms with van der Waals surface area (Å²) in [5.41, 5.74) is 2.35. The fourth-order valence-corrected chi connectivity index (χ4v) is 1.87. The van der Waals surface area contributed by atoms with Gasteiger partial charge in [0.1, 0.15) is 23.8 Å². The molecule has 0 saturated carbocycles. The SMILES string of the molecule is Cc1nn(C)c(Cl)c1COc1ccc(C=O)cc1. The van der Waals surface area contributed by atoms with Crippen molar-refractivity contribution >= 4 is 17.9 Å². The van der Waals surface area contributed by atoms with Crippen LogP contribution < -0.4 is 4.74 Å². The lowest BCUT2D eigenvalue weighted by Crippen LogP contribution is -1.97. The van der Waals surface area contributed by atoms with E-state index in [1.807, 2.05) is 6.92 Å². The van der Waals surface area contributed by atoms with Crippen LogP contribution in [0.15, 0.2) is 24.3 Å². The first-order valence-corrected chi connectivity index (χ1v) is 5.85. The first-order chi connectivity index (χ1) is 8.61. The number of benzene rings is 1. The van der Waals surface area contributed by atoms with E-state index in [9.17, 15) is 4.79 Å². The maximum Gasteiger partial charge on any atom is 0.150 e. The lowest BCUT2D eigenvalue weighted by molar-refractivity contribution is 0.112. The lowest BCUT2D eigenvalue weighted by atomic mass is 10.2. The van der Waals surface area contributed by atoms with E-state index in [0.29, 0.717) is 23.1 Å². The molecule has 0 saturated heterocycles. The predicted molar refractivity (Wildman–Crippen MR) is 69.1 cm³/mol. The lowest BCUT2D eigenvalue weighted by Gasteiger charge is -2.06. The van der Waals surface area contributed by atoms with Crippen molar-refractivity contribution in [3.05, 3.63) is 46.2 Å². The van der Waals surface area contributed by atoms with Gasteiger partial charge >= 0.3 is 0 Å². The number of rotatable bonds is 4. The van der Waals surface area contributed by atoms with Crippen molar-refractivity contribution in [1.29, 1.82) is 0 Å². The predicted octanol–water partition coefficient (Wildman–Crippen LogP) is 2.77. The fourth-order valence-electron chi connectivity index (χ4n) is 1.64. The highest BCUT2D eigenvalue weighted by Crippen LogP contribution is 2.21. The van der Waals surface area contributed by atoms with Crippen molar-refractivity contribution < 1.29 is 9.53 Å². The summed E-state index contributed by atoms with van der Waals surface area (Å²) in [6, 6.07) is 6.92. The molecule has 0 spiro atoms. The second-order valence-corrected chi connectivity index (χ2v) is 4.31. The zero-order valence-corrected chi connectivity index (χ0v) is 10.9. The third kappa shape index (κ3) is 2.54. The largest absolute Gasteiger partial charge is 0.489 e. The molecule has 94 valence electrons. The Morgan fingerprint density at radius 1 is 1.39 bits per heavy atom. The molecule has 2 aromatic rings. The molecule has 1 aromatic heterocycles. The van der Waals surface area contributed by atoms with Gasteiger partial charge < -0.3 is 4.74 Å². The molecule has 0 aliphatic rings. The Labute approximate surface area is 110 Å². The molecule has 0 amide bonds. The summed E-state index contributed by atoms with van der Waals surface area (Å²) >= 11 is 6.10. The van der Waals surface area contributed by atoms with E-state index < -0.39 is 0 Å². The smallest absolute Gasteiger partial charge is 0.150 e. The van der Waals surface area contributed by atoms with Crippen LogP contribution in [0, 0.1) is 6.92 Å². The number of aryl methyl sites for hydroxylation is 2. The topological polar surface area (TPSA) is 44.1 Å². The van der Waals surface area contributed by atoms with Gasteiger partial charge in [0.05, 0.1) is 5.69 Å². The number of carbonyl (C=O) groups is 1. The summed E-state index contributed by atoms with van der Waals surface area (Å²) in [4.78, 5) is 10.5. The molecule has 2 rings (SSSR count). The number of carbonyl (C=O) groups excluding carboxylic acids is 1. The molecule has 5 heteroatoms. The molecule has 0 N–H and O–H groups in total. The maximum absolute atomic E-state index is 10.5. The molecule has 0 radical (unpaired) electrons. The van der Waals surface area contributed by atoms with Crippen molar-refractivity contribution in [2.45, 2.75) is 13.5 Å². The molecule has 4 nitrogen and oxygen atoms in total. The van der Waals surface area contributed by atoms with E-state index in [1.54, 1.807) is 36.0 Å². The number of nitrogens with zero attached hydrogens (tertiary/aromatic N) is 2. The van der Waals surface area contributed by atoms with Gasteiger partial charge in [0.25, 0.3) is 0 Å². The Bertz CT molecular complexity index is 561. The fraction of sp³-hybridized carbons (Fsp3) is 0.231. The summed E-state index contributed by atoms with van der Waals surface area (Å²) < 4.78 is 7.23. The Kier molecular flexibility index (Phi) is 3.67.